The molecule has 1 N–H and O–H groups in total. The second-order valence-electron chi connectivity index (χ2n) is 3.86. The predicted molar refractivity (Wildman–Crippen MR) is 69.2 cm³/mol. The summed E-state index contributed by atoms with van der Waals surface area (Å²) in [5, 5.41) is 9.40. The minimum absolute atomic E-state index is 0.00420. The Hall–Kier alpha value is -1.82. The van der Waals surface area contributed by atoms with Gasteiger partial charge >= 0.3 is 5.97 Å². The normalized spacial score (nSPS) is 10.6. The lowest BCUT2D eigenvalue weighted by Gasteiger charge is -2.11. The zero-order valence-corrected chi connectivity index (χ0v) is 10.9. The van der Waals surface area contributed by atoms with Crippen molar-refractivity contribution in [1.82, 2.24) is 14.5 Å². The molecule has 0 spiro atoms. The van der Waals surface area contributed by atoms with Crippen LogP contribution in [0.3, 0.4) is 0 Å². The smallest absolute Gasteiger partial charge is 0.313 e. The topological polar surface area (TPSA) is 68.0 Å². The number of carboxylic acid groups (broad SMARTS) is 1. The van der Waals surface area contributed by atoms with E-state index in [0.717, 1.165) is 16.9 Å². The summed E-state index contributed by atoms with van der Waals surface area (Å²) >= 11 is 1.20. The zero-order chi connectivity index (χ0) is 13.1. The van der Waals surface area contributed by atoms with Gasteiger partial charge in [0.1, 0.15) is 0 Å². The maximum atomic E-state index is 10.6. The Morgan fingerprint density at radius 2 is 2.22 bits per heavy atom. The summed E-state index contributed by atoms with van der Waals surface area (Å²) < 4.78 is 1.93. The van der Waals surface area contributed by atoms with Crippen molar-refractivity contribution in [3.05, 3.63) is 35.9 Å². The van der Waals surface area contributed by atoms with Crippen LogP contribution in [0, 0.1) is 13.8 Å². The minimum Gasteiger partial charge on any atom is -0.481 e. The molecule has 2 heterocycles. The molecule has 2 rings (SSSR count). The van der Waals surface area contributed by atoms with Gasteiger partial charge < -0.3 is 5.11 Å². The van der Waals surface area contributed by atoms with Gasteiger partial charge in [-0.15, -0.1) is 0 Å². The van der Waals surface area contributed by atoms with Crippen LogP contribution in [-0.4, -0.2) is 31.4 Å². The average Bonchev–Trinajstić information content (AvgIpc) is 2.69. The first-order valence-corrected chi connectivity index (χ1v) is 6.38. The summed E-state index contributed by atoms with van der Waals surface area (Å²) in [7, 11) is 0. The molecule has 2 aromatic heterocycles. The molecule has 0 atom stereocenters. The maximum Gasteiger partial charge on any atom is 0.313 e. The van der Waals surface area contributed by atoms with Crippen molar-refractivity contribution in [2.45, 2.75) is 19.0 Å². The molecular formula is C12H13N3O2S. The summed E-state index contributed by atoms with van der Waals surface area (Å²) in [6, 6.07) is 1.92. The number of nitrogens with zero attached hydrogens (tertiary/aromatic N) is 3. The fraction of sp³-hybridized carbons (Fsp3) is 0.250. The molecule has 6 heteroatoms. The van der Waals surface area contributed by atoms with E-state index in [1.807, 2.05) is 24.5 Å². The van der Waals surface area contributed by atoms with Crippen molar-refractivity contribution in [3.8, 4) is 5.69 Å². The SMILES string of the molecule is Cc1ccncc1-n1c(C)cnc1SCC(=O)O. The minimum atomic E-state index is -0.852. The van der Waals surface area contributed by atoms with Gasteiger partial charge in [-0.3, -0.25) is 14.3 Å². The van der Waals surface area contributed by atoms with Crippen molar-refractivity contribution in [1.29, 1.82) is 0 Å². The standard InChI is InChI=1S/C12H13N3O2S/c1-8-3-4-13-6-10(8)15-9(2)5-14-12(15)18-7-11(16)17/h3-6H,7H2,1-2H3,(H,16,17). The van der Waals surface area contributed by atoms with Gasteiger partial charge in [-0.05, 0) is 25.5 Å². The van der Waals surface area contributed by atoms with E-state index in [4.69, 9.17) is 5.11 Å². The monoisotopic (exact) mass is 263 g/mol. The molecule has 0 aromatic carbocycles. The van der Waals surface area contributed by atoms with Crippen LogP contribution in [0.4, 0.5) is 0 Å². The number of carbonyl (C=O) groups is 1. The van der Waals surface area contributed by atoms with Crippen molar-refractivity contribution in [2.75, 3.05) is 5.75 Å². The highest BCUT2D eigenvalue weighted by atomic mass is 32.2. The third kappa shape index (κ3) is 2.53. The third-order valence-corrected chi connectivity index (χ3v) is 3.42. The van der Waals surface area contributed by atoms with Gasteiger partial charge in [-0.1, -0.05) is 11.8 Å². The highest BCUT2D eigenvalue weighted by Gasteiger charge is 2.12. The van der Waals surface area contributed by atoms with Crippen LogP contribution in [-0.2, 0) is 4.79 Å². The second kappa shape index (κ2) is 5.22. The van der Waals surface area contributed by atoms with Crippen LogP contribution >= 0.6 is 11.8 Å². The lowest BCUT2D eigenvalue weighted by molar-refractivity contribution is -0.133. The zero-order valence-electron chi connectivity index (χ0n) is 10.1. The highest BCUT2D eigenvalue weighted by Crippen LogP contribution is 2.24. The molecule has 0 aliphatic carbocycles. The van der Waals surface area contributed by atoms with Gasteiger partial charge in [0.25, 0.3) is 0 Å². The van der Waals surface area contributed by atoms with Crippen molar-refractivity contribution < 1.29 is 9.90 Å². The van der Waals surface area contributed by atoms with E-state index in [1.165, 1.54) is 11.8 Å². The summed E-state index contributed by atoms with van der Waals surface area (Å²) in [4.78, 5) is 19.0. The van der Waals surface area contributed by atoms with Gasteiger partial charge in [0.05, 0.1) is 17.6 Å². The Morgan fingerprint density at radius 3 is 2.89 bits per heavy atom. The van der Waals surface area contributed by atoms with E-state index in [-0.39, 0.29) is 5.75 Å². The van der Waals surface area contributed by atoms with E-state index in [2.05, 4.69) is 9.97 Å². The first-order chi connectivity index (χ1) is 8.59. The first kappa shape index (κ1) is 12.6. The Morgan fingerprint density at radius 1 is 1.44 bits per heavy atom. The highest BCUT2D eigenvalue weighted by molar-refractivity contribution is 7.99. The average molecular weight is 263 g/mol. The molecule has 0 amide bonds. The number of thioether (sulfide) groups is 1. The molecule has 2 aromatic rings. The molecule has 18 heavy (non-hydrogen) atoms. The Labute approximate surface area is 109 Å². The Kier molecular flexibility index (Phi) is 3.66. The van der Waals surface area contributed by atoms with Gasteiger partial charge in [0.15, 0.2) is 5.16 Å². The van der Waals surface area contributed by atoms with Crippen molar-refractivity contribution in [2.24, 2.45) is 0 Å². The summed E-state index contributed by atoms with van der Waals surface area (Å²) in [6.45, 7) is 3.92. The maximum absolute atomic E-state index is 10.6. The molecule has 0 fully saturated rings. The van der Waals surface area contributed by atoms with Crippen molar-refractivity contribution >= 4 is 17.7 Å². The molecule has 0 unspecified atom stereocenters. The number of rotatable bonds is 4. The quantitative estimate of drug-likeness (QED) is 0.855. The number of hydrogen-bond acceptors (Lipinski definition) is 4. The third-order valence-electron chi connectivity index (χ3n) is 2.48. The van der Waals surface area contributed by atoms with Crippen LogP contribution in [0.2, 0.25) is 0 Å². The molecule has 0 radical (unpaired) electrons. The number of hydrogen-bond donors (Lipinski definition) is 1. The lowest BCUT2D eigenvalue weighted by atomic mass is 10.2. The van der Waals surface area contributed by atoms with Crippen LogP contribution < -0.4 is 0 Å². The fourth-order valence-corrected chi connectivity index (χ4v) is 2.38. The van der Waals surface area contributed by atoms with Crippen LogP contribution in [0.5, 0.6) is 0 Å². The van der Waals surface area contributed by atoms with E-state index in [1.54, 1.807) is 18.6 Å². The van der Waals surface area contributed by atoms with Gasteiger partial charge in [-0.25, -0.2) is 4.98 Å². The van der Waals surface area contributed by atoms with Gasteiger partial charge in [0, 0.05) is 18.1 Å². The Balaban J connectivity index is 2.41. The van der Waals surface area contributed by atoms with E-state index < -0.39 is 5.97 Å². The molecule has 0 saturated carbocycles. The van der Waals surface area contributed by atoms with Gasteiger partial charge in [0.2, 0.25) is 0 Å². The Bertz CT molecular complexity index is 580. The van der Waals surface area contributed by atoms with E-state index in [9.17, 15) is 4.79 Å². The molecule has 0 aliphatic heterocycles. The number of imidazole rings is 1. The molecular weight excluding hydrogens is 250 g/mol. The van der Waals surface area contributed by atoms with Crippen LogP contribution in [0.1, 0.15) is 11.3 Å². The summed E-state index contributed by atoms with van der Waals surface area (Å²) in [6.07, 6.45) is 5.22. The number of aromatic nitrogens is 3. The number of aryl methyl sites for hydroxylation is 2. The molecule has 0 bridgehead atoms. The summed E-state index contributed by atoms with van der Waals surface area (Å²) in [5.41, 5.74) is 2.96. The first-order valence-electron chi connectivity index (χ1n) is 5.39. The van der Waals surface area contributed by atoms with Crippen LogP contribution in [0.25, 0.3) is 5.69 Å². The molecule has 0 saturated heterocycles. The number of carboxylic acids is 1. The molecule has 5 nitrogen and oxygen atoms in total. The predicted octanol–water partition coefficient (Wildman–Crippen LogP) is 2.06. The largest absolute Gasteiger partial charge is 0.481 e. The van der Waals surface area contributed by atoms with Crippen LogP contribution in [0.15, 0.2) is 29.8 Å². The van der Waals surface area contributed by atoms with E-state index >= 15 is 0 Å². The lowest BCUT2D eigenvalue weighted by Crippen LogP contribution is -2.04. The molecule has 0 aliphatic rings. The second-order valence-corrected chi connectivity index (χ2v) is 4.80. The summed E-state index contributed by atoms with van der Waals surface area (Å²) in [5.74, 6) is -0.856. The van der Waals surface area contributed by atoms with Gasteiger partial charge in [-0.2, -0.15) is 0 Å². The van der Waals surface area contributed by atoms with E-state index in [0.29, 0.717) is 5.16 Å². The number of pyridine rings is 1. The molecule has 94 valence electrons. The van der Waals surface area contributed by atoms with Crippen molar-refractivity contribution in [3.63, 3.8) is 0 Å². The number of aliphatic carboxylic acids is 1. The fourth-order valence-electron chi connectivity index (χ4n) is 1.63.